The molecule has 0 spiro atoms. The molecule has 3 rings (SSSR count). The Morgan fingerprint density at radius 2 is 2.29 bits per heavy atom. The Hall–Kier alpha value is -2.34. The lowest BCUT2D eigenvalue weighted by molar-refractivity contribution is 0.0488. The summed E-state index contributed by atoms with van der Waals surface area (Å²) in [5, 5.41) is 0. The van der Waals surface area contributed by atoms with Crippen molar-refractivity contribution in [1.82, 2.24) is 9.88 Å². The van der Waals surface area contributed by atoms with Gasteiger partial charge in [0.25, 0.3) is 5.91 Å². The molecular formula is C18H22N2O4. The second-order valence-electron chi connectivity index (χ2n) is 5.91. The van der Waals surface area contributed by atoms with E-state index in [4.69, 9.17) is 13.9 Å². The number of pyridine rings is 1. The van der Waals surface area contributed by atoms with E-state index in [1.807, 2.05) is 25.1 Å². The van der Waals surface area contributed by atoms with Gasteiger partial charge >= 0.3 is 0 Å². The number of nitrogens with zero attached hydrogens (tertiary/aromatic N) is 2. The van der Waals surface area contributed by atoms with E-state index in [1.54, 1.807) is 17.2 Å². The van der Waals surface area contributed by atoms with Crippen molar-refractivity contribution in [3.8, 4) is 5.88 Å². The van der Waals surface area contributed by atoms with Gasteiger partial charge in [0.1, 0.15) is 11.3 Å². The van der Waals surface area contributed by atoms with Gasteiger partial charge in [0, 0.05) is 18.8 Å². The highest BCUT2D eigenvalue weighted by Gasteiger charge is 2.26. The number of rotatable bonds is 6. The van der Waals surface area contributed by atoms with E-state index in [9.17, 15) is 4.79 Å². The zero-order valence-corrected chi connectivity index (χ0v) is 14.0. The van der Waals surface area contributed by atoms with E-state index >= 15 is 0 Å². The van der Waals surface area contributed by atoms with Gasteiger partial charge in [0.05, 0.1) is 26.0 Å². The third kappa shape index (κ3) is 3.76. The topological polar surface area (TPSA) is 64.8 Å². The van der Waals surface area contributed by atoms with Gasteiger partial charge in [-0.1, -0.05) is 0 Å². The number of hydrogen-bond acceptors (Lipinski definition) is 5. The van der Waals surface area contributed by atoms with Crippen LogP contribution >= 0.6 is 0 Å². The van der Waals surface area contributed by atoms with Crippen LogP contribution in [0, 0.1) is 6.92 Å². The number of aryl methyl sites for hydroxylation is 1. The number of aromatic nitrogens is 1. The smallest absolute Gasteiger partial charge is 0.259 e. The first kappa shape index (κ1) is 16.5. The monoisotopic (exact) mass is 330 g/mol. The lowest BCUT2D eigenvalue weighted by Crippen LogP contribution is -2.37. The van der Waals surface area contributed by atoms with Crippen LogP contribution in [0.4, 0.5) is 0 Å². The first-order valence-electron chi connectivity index (χ1n) is 8.12. The molecule has 0 aromatic carbocycles. The quantitative estimate of drug-likeness (QED) is 0.815. The number of hydrogen-bond donors (Lipinski definition) is 0. The van der Waals surface area contributed by atoms with E-state index in [0.29, 0.717) is 24.5 Å². The fourth-order valence-electron chi connectivity index (χ4n) is 2.87. The molecule has 0 unspecified atom stereocenters. The van der Waals surface area contributed by atoms with Crippen LogP contribution in [0.5, 0.6) is 5.88 Å². The van der Waals surface area contributed by atoms with Crippen LogP contribution in [-0.4, -0.2) is 42.2 Å². The molecule has 2 aromatic heterocycles. The van der Waals surface area contributed by atoms with Gasteiger partial charge in [0.15, 0.2) is 0 Å². The molecule has 0 bridgehead atoms. The predicted molar refractivity (Wildman–Crippen MR) is 87.9 cm³/mol. The zero-order chi connectivity index (χ0) is 16.9. The van der Waals surface area contributed by atoms with Gasteiger partial charge in [-0.3, -0.25) is 4.79 Å². The summed E-state index contributed by atoms with van der Waals surface area (Å²) in [6.07, 6.45) is 3.67. The third-order valence-corrected chi connectivity index (χ3v) is 4.09. The third-order valence-electron chi connectivity index (χ3n) is 4.09. The SMILES string of the molecule is COc1nc(C)ccc1C(=O)N(Cc1ccco1)C[C@@H]1CCCO1. The minimum absolute atomic E-state index is 0.0633. The maximum atomic E-state index is 13.1. The molecule has 0 N–H and O–H groups in total. The molecule has 2 aromatic rings. The Morgan fingerprint density at radius 3 is 2.96 bits per heavy atom. The molecule has 0 saturated carbocycles. The number of furan rings is 1. The summed E-state index contributed by atoms with van der Waals surface area (Å²) in [6.45, 7) is 3.53. The summed E-state index contributed by atoms with van der Waals surface area (Å²) >= 11 is 0. The Balaban J connectivity index is 1.84. The van der Waals surface area contributed by atoms with Crippen molar-refractivity contribution in [2.45, 2.75) is 32.4 Å². The standard InChI is InChI=1S/C18H22N2O4/c1-13-7-8-16(17(19-13)22-2)18(21)20(11-14-5-3-9-23-14)12-15-6-4-10-24-15/h3,5,7-9,15H,4,6,10-12H2,1-2H3/t15-/m0/s1. The van der Waals surface area contributed by atoms with E-state index < -0.39 is 0 Å². The van der Waals surface area contributed by atoms with Crippen LogP contribution in [-0.2, 0) is 11.3 Å². The van der Waals surface area contributed by atoms with Crippen LogP contribution in [0.2, 0.25) is 0 Å². The molecule has 1 fully saturated rings. The largest absolute Gasteiger partial charge is 0.480 e. The Bertz CT molecular complexity index is 678. The molecule has 0 radical (unpaired) electrons. The summed E-state index contributed by atoms with van der Waals surface area (Å²) in [4.78, 5) is 19.1. The number of ether oxygens (including phenoxy) is 2. The fourth-order valence-corrected chi connectivity index (χ4v) is 2.87. The second-order valence-corrected chi connectivity index (χ2v) is 5.91. The maximum Gasteiger partial charge on any atom is 0.259 e. The molecule has 1 saturated heterocycles. The van der Waals surface area contributed by atoms with Crippen molar-refractivity contribution in [3.63, 3.8) is 0 Å². The van der Waals surface area contributed by atoms with Gasteiger partial charge in [0.2, 0.25) is 5.88 Å². The van der Waals surface area contributed by atoms with Gasteiger partial charge in [-0.15, -0.1) is 0 Å². The van der Waals surface area contributed by atoms with Crippen LogP contribution in [0.3, 0.4) is 0 Å². The number of carbonyl (C=O) groups excluding carboxylic acids is 1. The number of methoxy groups -OCH3 is 1. The lowest BCUT2D eigenvalue weighted by atomic mass is 10.1. The Kier molecular flexibility index (Phi) is 5.15. The van der Waals surface area contributed by atoms with Gasteiger partial charge in [-0.2, -0.15) is 0 Å². The van der Waals surface area contributed by atoms with E-state index in [-0.39, 0.29) is 12.0 Å². The van der Waals surface area contributed by atoms with Crippen molar-refractivity contribution in [3.05, 3.63) is 47.5 Å². The summed E-state index contributed by atoms with van der Waals surface area (Å²) in [7, 11) is 1.52. The number of amides is 1. The first-order chi connectivity index (χ1) is 11.7. The van der Waals surface area contributed by atoms with Crippen molar-refractivity contribution in [2.24, 2.45) is 0 Å². The van der Waals surface area contributed by atoms with Crippen LogP contribution in [0.15, 0.2) is 34.9 Å². The van der Waals surface area contributed by atoms with Crippen molar-refractivity contribution >= 4 is 5.91 Å². The molecule has 6 nitrogen and oxygen atoms in total. The maximum absolute atomic E-state index is 13.1. The van der Waals surface area contributed by atoms with Crippen LogP contribution < -0.4 is 4.74 Å². The second kappa shape index (κ2) is 7.49. The Labute approximate surface area is 141 Å². The van der Waals surface area contributed by atoms with Crippen molar-refractivity contribution in [1.29, 1.82) is 0 Å². The molecule has 1 aliphatic rings. The van der Waals surface area contributed by atoms with Crippen molar-refractivity contribution in [2.75, 3.05) is 20.3 Å². The number of carbonyl (C=O) groups is 1. The van der Waals surface area contributed by atoms with Crippen LogP contribution in [0.25, 0.3) is 0 Å². The first-order valence-corrected chi connectivity index (χ1v) is 8.12. The summed E-state index contributed by atoms with van der Waals surface area (Å²) in [6, 6.07) is 7.25. The van der Waals surface area contributed by atoms with Crippen molar-refractivity contribution < 1.29 is 18.7 Å². The average Bonchev–Trinajstić information content (AvgIpc) is 3.27. The van der Waals surface area contributed by atoms with E-state index in [2.05, 4.69) is 4.98 Å². The molecule has 1 aliphatic heterocycles. The highest BCUT2D eigenvalue weighted by molar-refractivity contribution is 5.96. The fraction of sp³-hybridized carbons (Fsp3) is 0.444. The molecule has 3 heterocycles. The molecule has 0 aliphatic carbocycles. The highest BCUT2D eigenvalue weighted by Crippen LogP contribution is 2.22. The predicted octanol–water partition coefficient (Wildman–Crippen LogP) is 2.81. The van der Waals surface area contributed by atoms with Crippen LogP contribution in [0.1, 0.15) is 34.7 Å². The summed E-state index contributed by atoms with van der Waals surface area (Å²) < 4.78 is 16.4. The average molecular weight is 330 g/mol. The highest BCUT2D eigenvalue weighted by atomic mass is 16.5. The van der Waals surface area contributed by atoms with Gasteiger partial charge in [-0.05, 0) is 44.0 Å². The molecular weight excluding hydrogens is 308 g/mol. The van der Waals surface area contributed by atoms with Gasteiger partial charge < -0.3 is 18.8 Å². The summed E-state index contributed by atoms with van der Waals surface area (Å²) in [5.74, 6) is 0.948. The Morgan fingerprint density at radius 1 is 1.42 bits per heavy atom. The lowest BCUT2D eigenvalue weighted by Gasteiger charge is -2.25. The normalized spacial score (nSPS) is 17.0. The zero-order valence-electron chi connectivity index (χ0n) is 14.0. The summed E-state index contributed by atoms with van der Waals surface area (Å²) in [5.41, 5.74) is 1.26. The van der Waals surface area contributed by atoms with E-state index in [1.165, 1.54) is 7.11 Å². The van der Waals surface area contributed by atoms with Gasteiger partial charge in [-0.25, -0.2) is 4.98 Å². The molecule has 24 heavy (non-hydrogen) atoms. The molecule has 1 amide bonds. The molecule has 6 heteroatoms. The minimum Gasteiger partial charge on any atom is -0.480 e. The molecule has 128 valence electrons. The molecule has 1 atom stereocenters. The van der Waals surface area contributed by atoms with E-state index in [0.717, 1.165) is 30.9 Å². The minimum atomic E-state index is -0.133.